The summed E-state index contributed by atoms with van der Waals surface area (Å²) in [4.78, 5) is 23.7. The van der Waals surface area contributed by atoms with Gasteiger partial charge in [0.25, 0.3) is 0 Å². The van der Waals surface area contributed by atoms with Crippen LogP contribution in [0.3, 0.4) is 0 Å². The van der Waals surface area contributed by atoms with Gasteiger partial charge in [0.15, 0.2) is 0 Å². The molecule has 0 rings (SSSR count). The largest absolute Gasteiger partial charge is 0.462 e. The summed E-state index contributed by atoms with van der Waals surface area (Å²) < 4.78 is 10.9. The summed E-state index contributed by atoms with van der Waals surface area (Å²) in [5.74, 6) is -0.551. The number of ether oxygens (including phenoxy) is 2. The van der Waals surface area contributed by atoms with Crippen molar-refractivity contribution in [1.82, 2.24) is 0 Å². The van der Waals surface area contributed by atoms with Crippen molar-refractivity contribution in [3.05, 3.63) is 0 Å². The van der Waals surface area contributed by atoms with Crippen LogP contribution in [0.5, 0.6) is 0 Å². The molecule has 0 N–H and O–H groups in total. The Hall–Kier alpha value is -1.06. The fourth-order valence-corrected chi connectivity index (χ4v) is 1.29. The normalized spacial score (nSPS) is 17.1. The van der Waals surface area contributed by atoms with E-state index in [1.165, 1.54) is 0 Å². The second-order valence-corrected chi connectivity index (χ2v) is 7.58. The van der Waals surface area contributed by atoms with Crippen LogP contribution in [-0.2, 0) is 19.1 Å². The zero-order valence-electron chi connectivity index (χ0n) is 14.4. The lowest BCUT2D eigenvalue weighted by molar-refractivity contribution is -0.168. The van der Waals surface area contributed by atoms with Crippen LogP contribution >= 0.6 is 0 Å². The Bertz CT molecular complexity index is 312. The molecule has 4 heteroatoms. The average molecular weight is 286 g/mol. The summed E-state index contributed by atoms with van der Waals surface area (Å²) in [7, 11) is 0. The zero-order valence-corrected chi connectivity index (χ0v) is 14.4. The molecule has 0 saturated carbocycles. The SMILES string of the molecule is CC(OC(=O)C(C)(C)C)C(C)C(C)OC(=O)C(C)(C)C. The third-order valence-corrected chi connectivity index (χ3v) is 3.29. The van der Waals surface area contributed by atoms with E-state index >= 15 is 0 Å². The van der Waals surface area contributed by atoms with E-state index in [1.807, 2.05) is 62.3 Å². The van der Waals surface area contributed by atoms with E-state index < -0.39 is 10.8 Å². The van der Waals surface area contributed by atoms with Crippen molar-refractivity contribution in [2.45, 2.75) is 74.5 Å². The summed E-state index contributed by atoms with van der Waals surface area (Å²) in [6, 6.07) is 0. The topological polar surface area (TPSA) is 52.6 Å². The van der Waals surface area contributed by atoms with Crippen molar-refractivity contribution in [2.24, 2.45) is 16.7 Å². The van der Waals surface area contributed by atoms with Gasteiger partial charge in [0.05, 0.1) is 10.8 Å². The molecule has 2 unspecified atom stereocenters. The predicted molar refractivity (Wildman–Crippen MR) is 79.2 cm³/mol. The number of hydrogen-bond donors (Lipinski definition) is 0. The maximum absolute atomic E-state index is 11.9. The molecule has 0 heterocycles. The standard InChI is InChI=1S/C16H30O4/c1-10(11(2)19-13(17)15(4,5)6)12(3)20-14(18)16(7,8)9/h10-12H,1-9H3. The Morgan fingerprint density at radius 2 is 0.950 bits per heavy atom. The van der Waals surface area contributed by atoms with Crippen molar-refractivity contribution < 1.29 is 19.1 Å². The van der Waals surface area contributed by atoms with Crippen molar-refractivity contribution in [2.75, 3.05) is 0 Å². The van der Waals surface area contributed by atoms with Gasteiger partial charge in [-0.3, -0.25) is 9.59 Å². The molecule has 0 radical (unpaired) electrons. The first-order valence-electron chi connectivity index (χ1n) is 7.19. The lowest BCUT2D eigenvalue weighted by Gasteiger charge is -2.30. The molecular formula is C16H30O4. The number of carbonyl (C=O) groups is 2. The van der Waals surface area contributed by atoms with Gasteiger partial charge in [-0.05, 0) is 55.4 Å². The summed E-state index contributed by atoms with van der Waals surface area (Å²) in [6.45, 7) is 16.5. The summed E-state index contributed by atoms with van der Waals surface area (Å²) >= 11 is 0. The number of rotatable bonds is 4. The second kappa shape index (κ2) is 6.59. The maximum atomic E-state index is 11.9. The number of carbonyl (C=O) groups excluding carboxylic acids is 2. The van der Waals surface area contributed by atoms with Crippen molar-refractivity contribution >= 4 is 11.9 Å². The molecule has 0 saturated heterocycles. The second-order valence-electron chi connectivity index (χ2n) is 7.58. The van der Waals surface area contributed by atoms with Gasteiger partial charge in [0, 0.05) is 5.92 Å². The Kier molecular flexibility index (Phi) is 6.25. The average Bonchev–Trinajstić information content (AvgIpc) is 2.24. The number of esters is 2. The first-order chi connectivity index (χ1) is 8.76. The molecule has 0 amide bonds. The Labute approximate surface area is 123 Å². The Morgan fingerprint density at radius 3 is 1.15 bits per heavy atom. The van der Waals surface area contributed by atoms with Gasteiger partial charge in [-0.1, -0.05) is 6.92 Å². The zero-order chi connectivity index (χ0) is 16.3. The van der Waals surface area contributed by atoms with E-state index in [0.717, 1.165) is 0 Å². The molecule has 0 spiro atoms. The first-order valence-corrected chi connectivity index (χ1v) is 7.19. The minimum atomic E-state index is -0.528. The molecule has 4 nitrogen and oxygen atoms in total. The summed E-state index contributed by atoms with van der Waals surface area (Å²) in [5.41, 5.74) is -1.06. The van der Waals surface area contributed by atoms with Crippen molar-refractivity contribution in [1.29, 1.82) is 0 Å². The van der Waals surface area contributed by atoms with Crippen LogP contribution in [0.25, 0.3) is 0 Å². The molecule has 0 aromatic rings. The van der Waals surface area contributed by atoms with Crippen molar-refractivity contribution in [3.8, 4) is 0 Å². The highest BCUT2D eigenvalue weighted by molar-refractivity contribution is 5.76. The third-order valence-electron chi connectivity index (χ3n) is 3.29. The van der Waals surface area contributed by atoms with Crippen LogP contribution in [0.2, 0.25) is 0 Å². The van der Waals surface area contributed by atoms with Crippen LogP contribution in [0.15, 0.2) is 0 Å². The predicted octanol–water partition coefficient (Wildman–Crippen LogP) is 3.58. The highest BCUT2D eigenvalue weighted by atomic mass is 16.6. The molecule has 0 aromatic heterocycles. The fraction of sp³-hybridized carbons (Fsp3) is 0.875. The molecule has 2 atom stereocenters. The Balaban J connectivity index is 4.55. The number of hydrogen-bond acceptors (Lipinski definition) is 4. The van der Waals surface area contributed by atoms with Crippen LogP contribution in [0.4, 0.5) is 0 Å². The van der Waals surface area contributed by atoms with E-state index in [9.17, 15) is 9.59 Å². The maximum Gasteiger partial charge on any atom is 0.311 e. The van der Waals surface area contributed by atoms with E-state index in [0.29, 0.717) is 0 Å². The van der Waals surface area contributed by atoms with Gasteiger partial charge in [0.1, 0.15) is 12.2 Å². The van der Waals surface area contributed by atoms with Crippen LogP contribution < -0.4 is 0 Å². The van der Waals surface area contributed by atoms with Gasteiger partial charge in [0.2, 0.25) is 0 Å². The summed E-state index contributed by atoms with van der Waals surface area (Å²) in [5, 5.41) is 0. The van der Waals surface area contributed by atoms with E-state index in [4.69, 9.17) is 9.47 Å². The molecule has 20 heavy (non-hydrogen) atoms. The lowest BCUT2D eigenvalue weighted by atomic mass is 9.95. The molecule has 0 aromatic carbocycles. The Morgan fingerprint density at radius 1 is 0.700 bits per heavy atom. The fourth-order valence-electron chi connectivity index (χ4n) is 1.29. The minimum absolute atomic E-state index is 0.0624. The van der Waals surface area contributed by atoms with Crippen LogP contribution in [-0.4, -0.2) is 24.1 Å². The molecule has 118 valence electrons. The van der Waals surface area contributed by atoms with Gasteiger partial charge in [-0.15, -0.1) is 0 Å². The van der Waals surface area contributed by atoms with E-state index in [2.05, 4.69) is 0 Å². The lowest BCUT2D eigenvalue weighted by Crippen LogP contribution is -2.37. The minimum Gasteiger partial charge on any atom is -0.462 e. The molecule has 0 bridgehead atoms. The third kappa shape index (κ3) is 5.93. The summed E-state index contributed by atoms with van der Waals surface area (Å²) in [6.07, 6.45) is -0.603. The molecular weight excluding hydrogens is 256 g/mol. The smallest absolute Gasteiger partial charge is 0.311 e. The molecule has 0 aliphatic heterocycles. The molecule has 0 fully saturated rings. The highest BCUT2D eigenvalue weighted by Crippen LogP contribution is 2.23. The van der Waals surface area contributed by atoms with Crippen LogP contribution in [0, 0.1) is 16.7 Å². The first kappa shape index (κ1) is 18.9. The highest BCUT2D eigenvalue weighted by Gasteiger charge is 2.32. The van der Waals surface area contributed by atoms with Crippen LogP contribution in [0.1, 0.15) is 62.3 Å². The monoisotopic (exact) mass is 286 g/mol. The van der Waals surface area contributed by atoms with Gasteiger partial charge >= 0.3 is 11.9 Å². The van der Waals surface area contributed by atoms with E-state index in [1.54, 1.807) is 0 Å². The van der Waals surface area contributed by atoms with Crippen molar-refractivity contribution in [3.63, 3.8) is 0 Å². The van der Waals surface area contributed by atoms with Gasteiger partial charge in [-0.2, -0.15) is 0 Å². The quantitative estimate of drug-likeness (QED) is 0.741. The molecule has 0 aliphatic rings. The van der Waals surface area contributed by atoms with Gasteiger partial charge in [-0.25, -0.2) is 0 Å². The van der Waals surface area contributed by atoms with E-state index in [-0.39, 0.29) is 30.1 Å². The molecule has 0 aliphatic carbocycles. The van der Waals surface area contributed by atoms with Gasteiger partial charge < -0.3 is 9.47 Å².